The van der Waals surface area contributed by atoms with Crippen LogP contribution in [0.5, 0.6) is 0 Å². The van der Waals surface area contributed by atoms with Crippen LogP contribution in [-0.2, 0) is 10.2 Å². The van der Waals surface area contributed by atoms with Gasteiger partial charge in [0.05, 0.1) is 0 Å². The minimum Gasteiger partial charge on any atom is -0.314 e. The molecule has 3 aliphatic rings. The minimum absolute atomic E-state index is 0.480. The lowest BCUT2D eigenvalue weighted by molar-refractivity contribution is 0.241. The van der Waals surface area contributed by atoms with Gasteiger partial charge < -0.3 is 5.32 Å². The molecule has 2 saturated carbocycles. The van der Waals surface area contributed by atoms with Gasteiger partial charge in [0.25, 0.3) is 10.2 Å². The highest BCUT2D eigenvalue weighted by atomic mass is 32.2. The summed E-state index contributed by atoms with van der Waals surface area (Å²) >= 11 is 0. The first-order chi connectivity index (χ1) is 10.1. The third-order valence-electron chi connectivity index (χ3n) is 4.92. The van der Waals surface area contributed by atoms with E-state index < -0.39 is 10.2 Å². The van der Waals surface area contributed by atoms with Crippen molar-refractivity contribution in [2.75, 3.05) is 32.7 Å². The molecule has 1 heterocycles. The Morgan fingerprint density at radius 1 is 1.14 bits per heavy atom. The third-order valence-corrected chi connectivity index (χ3v) is 6.96. The second-order valence-electron chi connectivity index (χ2n) is 6.95. The molecule has 6 heteroatoms. The molecule has 3 rings (SSSR count). The van der Waals surface area contributed by atoms with Crippen LogP contribution in [0, 0.1) is 11.8 Å². The molecule has 2 aliphatic carbocycles. The molecule has 0 spiro atoms. The average molecular weight is 315 g/mol. The van der Waals surface area contributed by atoms with Crippen LogP contribution in [0.25, 0.3) is 0 Å². The molecule has 1 unspecified atom stereocenters. The largest absolute Gasteiger partial charge is 0.314 e. The molecule has 0 bridgehead atoms. The van der Waals surface area contributed by atoms with E-state index >= 15 is 0 Å². The highest BCUT2D eigenvalue weighted by Crippen LogP contribution is 2.31. The zero-order chi connectivity index (χ0) is 14.9. The Morgan fingerprint density at radius 2 is 1.90 bits per heavy atom. The molecule has 0 aromatic rings. The quantitative estimate of drug-likeness (QED) is 0.737. The molecular weight excluding hydrogens is 286 g/mol. The summed E-state index contributed by atoms with van der Waals surface area (Å²) in [7, 11) is -3.25. The number of hydrogen-bond donors (Lipinski definition) is 1. The highest BCUT2D eigenvalue weighted by molar-refractivity contribution is 7.86. The summed E-state index contributed by atoms with van der Waals surface area (Å²) in [5, 5.41) is 3.55. The van der Waals surface area contributed by atoms with Crippen LogP contribution in [-0.4, -0.2) is 55.8 Å². The molecule has 0 aromatic carbocycles. The standard InChI is InChI=1S/C15H29N3O2S/c1-2-17(11-13-5-6-13)21(19,20)18-9-3-4-14(12-18)10-16-15-7-8-15/h13-16H,2-12H2,1H3. The number of nitrogens with one attached hydrogen (secondary N) is 1. The fourth-order valence-corrected chi connectivity index (χ4v) is 4.97. The van der Waals surface area contributed by atoms with E-state index in [1.54, 1.807) is 8.61 Å². The molecule has 1 N–H and O–H groups in total. The molecule has 0 radical (unpaired) electrons. The lowest BCUT2D eigenvalue weighted by atomic mass is 10.00. The fourth-order valence-electron chi connectivity index (χ4n) is 3.16. The summed E-state index contributed by atoms with van der Waals surface area (Å²) in [6.07, 6.45) is 7.12. The van der Waals surface area contributed by atoms with Gasteiger partial charge in [-0.3, -0.25) is 0 Å². The molecule has 3 fully saturated rings. The maximum Gasteiger partial charge on any atom is 0.281 e. The lowest BCUT2D eigenvalue weighted by Gasteiger charge is -2.35. The van der Waals surface area contributed by atoms with Crippen LogP contribution >= 0.6 is 0 Å². The van der Waals surface area contributed by atoms with E-state index in [0.717, 1.165) is 25.9 Å². The van der Waals surface area contributed by atoms with E-state index in [4.69, 9.17) is 0 Å². The van der Waals surface area contributed by atoms with Crippen molar-refractivity contribution >= 4 is 10.2 Å². The van der Waals surface area contributed by atoms with Crippen molar-refractivity contribution in [1.29, 1.82) is 0 Å². The van der Waals surface area contributed by atoms with Crippen molar-refractivity contribution in [3.8, 4) is 0 Å². The van der Waals surface area contributed by atoms with Crippen LogP contribution in [0.1, 0.15) is 45.4 Å². The van der Waals surface area contributed by atoms with Gasteiger partial charge in [0, 0.05) is 32.2 Å². The summed E-state index contributed by atoms with van der Waals surface area (Å²) in [4.78, 5) is 0. The van der Waals surface area contributed by atoms with Gasteiger partial charge in [0.1, 0.15) is 0 Å². The zero-order valence-electron chi connectivity index (χ0n) is 13.1. The molecular formula is C15H29N3O2S. The Hall–Kier alpha value is -0.170. The highest BCUT2D eigenvalue weighted by Gasteiger charge is 2.36. The first-order valence-electron chi connectivity index (χ1n) is 8.58. The molecule has 1 saturated heterocycles. The second-order valence-corrected chi connectivity index (χ2v) is 8.88. The smallest absolute Gasteiger partial charge is 0.281 e. The Balaban J connectivity index is 1.56. The normalized spacial score (nSPS) is 28.2. The van der Waals surface area contributed by atoms with Crippen molar-refractivity contribution in [3.05, 3.63) is 0 Å². The first kappa shape index (κ1) is 15.7. The van der Waals surface area contributed by atoms with E-state index in [-0.39, 0.29) is 0 Å². The predicted octanol–water partition coefficient (Wildman–Crippen LogP) is 1.43. The predicted molar refractivity (Wildman–Crippen MR) is 84.2 cm³/mol. The fraction of sp³-hybridized carbons (Fsp3) is 1.00. The number of rotatable bonds is 8. The molecule has 1 aliphatic heterocycles. The molecule has 5 nitrogen and oxygen atoms in total. The molecule has 0 aromatic heterocycles. The van der Waals surface area contributed by atoms with Gasteiger partial charge in [0.2, 0.25) is 0 Å². The molecule has 122 valence electrons. The van der Waals surface area contributed by atoms with Crippen molar-refractivity contribution in [3.63, 3.8) is 0 Å². The van der Waals surface area contributed by atoms with Gasteiger partial charge in [-0.1, -0.05) is 6.92 Å². The Bertz CT molecular complexity index is 446. The van der Waals surface area contributed by atoms with Crippen LogP contribution < -0.4 is 5.32 Å². The number of hydrogen-bond acceptors (Lipinski definition) is 3. The lowest BCUT2D eigenvalue weighted by Crippen LogP contribution is -2.49. The zero-order valence-corrected chi connectivity index (χ0v) is 13.9. The third kappa shape index (κ3) is 4.18. The first-order valence-corrected chi connectivity index (χ1v) is 9.98. The maximum absolute atomic E-state index is 12.8. The van der Waals surface area contributed by atoms with Gasteiger partial charge >= 0.3 is 0 Å². The Kier molecular flexibility index (Phi) is 4.88. The molecule has 1 atom stereocenters. The average Bonchev–Trinajstić information content (AvgIpc) is 3.37. The molecule has 0 amide bonds. The van der Waals surface area contributed by atoms with Crippen LogP contribution in [0.15, 0.2) is 0 Å². The van der Waals surface area contributed by atoms with E-state index in [1.165, 1.54) is 25.7 Å². The van der Waals surface area contributed by atoms with Crippen molar-refractivity contribution in [2.24, 2.45) is 11.8 Å². The van der Waals surface area contributed by atoms with E-state index in [1.807, 2.05) is 6.92 Å². The van der Waals surface area contributed by atoms with Crippen LogP contribution in [0.2, 0.25) is 0 Å². The van der Waals surface area contributed by atoms with Crippen molar-refractivity contribution < 1.29 is 8.42 Å². The van der Waals surface area contributed by atoms with Crippen molar-refractivity contribution in [1.82, 2.24) is 13.9 Å². The SMILES string of the molecule is CCN(CC1CC1)S(=O)(=O)N1CCCC(CNC2CC2)C1. The van der Waals surface area contributed by atoms with Crippen LogP contribution in [0.3, 0.4) is 0 Å². The summed E-state index contributed by atoms with van der Waals surface area (Å²) < 4.78 is 29.0. The Labute approximate surface area is 129 Å². The van der Waals surface area contributed by atoms with Gasteiger partial charge in [-0.25, -0.2) is 0 Å². The molecule has 21 heavy (non-hydrogen) atoms. The minimum atomic E-state index is -3.25. The summed E-state index contributed by atoms with van der Waals surface area (Å²) in [5.74, 6) is 1.09. The Morgan fingerprint density at radius 3 is 2.52 bits per heavy atom. The van der Waals surface area contributed by atoms with E-state index in [2.05, 4.69) is 5.32 Å². The topological polar surface area (TPSA) is 52.7 Å². The summed E-state index contributed by atoms with van der Waals surface area (Å²) in [6, 6.07) is 0.707. The monoisotopic (exact) mass is 315 g/mol. The van der Waals surface area contributed by atoms with Gasteiger partial charge in [-0.2, -0.15) is 17.0 Å². The van der Waals surface area contributed by atoms with Crippen LogP contribution in [0.4, 0.5) is 0 Å². The van der Waals surface area contributed by atoms with Crippen molar-refractivity contribution in [2.45, 2.75) is 51.5 Å². The number of nitrogens with zero attached hydrogens (tertiary/aromatic N) is 2. The van der Waals surface area contributed by atoms with Gasteiger partial charge in [0.15, 0.2) is 0 Å². The maximum atomic E-state index is 12.8. The van der Waals surface area contributed by atoms with Gasteiger partial charge in [-0.15, -0.1) is 0 Å². The van der Waals surface area contributed by atoms with E-state index in [0.29, 0.717) is 37.5 Å². The van der Waals surface area contributed by atoms with Gasteiger partial charge in [-0.05, 0) is 56.9 Å². The second kappa shape index (κ2) is 6.52. The number of piperidine rings is 1. The summed E-state index contributed by atoms with van der Waals surface area (Å²) in [6.45, 7) is 5.65. The van der Waals surface area contributed by atoms with E-state index in [9.17, 15) is 8.42 Å². The summed E-state index contributed by atoms with van der Waals surface area (Å²) in [5.41, 5.74) is 0.